The van der Waals surface area contributed by atoms with E-state index in [9.17, 15) is 9.59 Å². The smallest absolute Gasteiger partial charge is 0.329 e. The molecule has 3 rings (SSSR count). The van der Waals surface area contributed by atoms with Crippen LogP contribution in [0.15, 0.2) is 21.7 Å². The lowest BCUT2D eigenvalue weighted by Crippen LogP contribution is -3.10. The second-order valence-corrected chi connectivity index (χ2v) is 7.47. The van der Waals surface area contributed by atoms with Crippen LogP contribution in [-0.4, -0.2) is 44.0 Å². The van der Waals surface area contributed by atoms with E-state index in [-0.39, 0.29) is 11.9 Å². The molecule has 0 amide bonds. The zero-order valence-electron chi connectivity index (χ0n) is 18.0. The van der Waals surface area contributed by atoms with E-state index >= 15 is 0 Å². The summed E-state index contributed by atoms with van der Waals surface area (Å²) < 4.78 is 17.9. The van der Waals surface area contributed by atoms with Crippen LogP contribution >= 0.6 is 0 Å². The summed E-state index contributed by atoms with van der Waals surface area (Å²) >= 11 is 0. The van der Waals surface area contributed by atoms with Gasteiger partial charge in [0.1, 0.15) is 17.4 Å². The van der Waals surface area contributed by atoms with Gasteiger partial charge in [0.25, 0.3) is 5.56 Å². The third kappa shape index (κ3) is 3.89. The van der Waals surface area contributed by atoms with Gasteiger partial charge in [-0.2, -0.15) is 0 Å². The first-order valence-electron chi connectivity index (χ1n) is 10.2. The van der Waals surface area contributed by atoms with Crippen LogP contribution < -0.4 is 36.1 Å². The molecule has 9 heteroatoms. The fourth-order valence-corrected chi connectivity index (χ4v) is 4.32. The molecule has 1 aromatic carbocycles. The van der Waals surface area contributed by atoms with Crippen LogP contribution in [0.1, 0.15) is 43.4 Å². The Kier molecular flexibility index (Phi) is 6.71. The Bertz CT molecular complexity index is 982. The van der Waals surface area contributed by atoms with Gasteiger partial charge >= 0.3 is 5.69 Å². The van der Waals surface area contributed by atoms with Gasteiger partial charge in [0.05, 0.1) is 34.4 Å². The summed E-state index contributed by atoms with van der Waals surface area (Å²) in [4.78, 5) is 29.0. The number of rotatable bonds is 8. The third-order valence-electron chi connectivity index (χ3n) is 5.69. The molecule has 0 aliphatic carbocycles. The fraction of sp³-hybridized carbons (Fsp3) is 0.524. The first kappa shape index (κ1) is 21.8. The van der Waals surface area contributed by atoms with Crippen molar-refractivity contribution in [3.8, 4) is 17.2 Å². The molecule has 4 N–H and O–H groups in total. The highest BCUT2D eigenvalue weighted by Crippen LogP contribution is 2.40. The van der Waals surface area contributed by atoms with Gasteiger partial charge in [-0.3, -0.25) is 14.3 Å². The van der Waals surface area contributed by atoms with Crippen molar-refractivity contribution < 1.29 is 19.1 Å². The lowest BCUT2D eigenvalue weighted by atomic mass is 9.97. The minimum Gasteiger partial charge on any atom is -0.493 e. The molecule has 0 bridgehead atoms. The number of anilines is 1. The van der Waals surface area contributed by atoms with E-state index in [1.807, 2.05) is 19.1 Å². The summed E-state index contributed by atoms with van der Waals surface area (Å²) in [5.74, 6) is 1.71. The summed E-state index contributed by atoms with van der Waals surface area (Å²) in [6.07, 6.45) is 2.84. The Morgan fingerprint density at radius 1 is 1.10 bits per heavy atom. The van der Waals surface area contributed by atoms with Gasteiger partial charge in [0.15, 0.2) is 11.5 Å². The lowest BCUT2D eigenvalue weighted by molar-refractivity contribution is -0.913. The van der Waals surface area contributed by atoms with E-state index in [1.165, 1.54) is 9.47 Å². The normalized spacial score (nSPS) is 15.2. The summed E-state index contributed by atoms with van der Waals surface area (Å²) in [6.45, 7) is 4.19. The summed E-state index contributed by atoms with van der Waals surface area (Å²) in [5.41, 5.74) is 6.69. The van der Waals surface area contributed by atoms with Gasteiger partial charge in [0, 0.05) is 24.9 Å². The molecule has 30 heavy (non-hydrogen) atoms. The number of quaternary nitrogens is 1. The Labute approximate surface area is 175 Å². The van der Waals surface area contributed by atoms with Crippen LogP contribution in [0.2, 0.25) is 0 Å². The van der Waals surface area contributed by atoms with Crippen molar-refractivity contribution in [2.75, 3.05) is 40.2 Å². The largest absolute Gasteiger partial charge is 0.493 e. The number of likely N-dealkylation sites (tertiary alicyclic amines) is 1. The van der Waals surface area contributed by atoms with Crippen molar-refractivity contribution in [3.63, 3.8) is 0 Å². The predicted octanol–water partition coefficient (Wildman–Crippen LogP) is 0.323. The monoisotopic (exact) mass is 419 g/mol. The first-order chi connectivity index (χ1) is 14.5. The molecule has 0 unspecified atom stereocenters. The van der Waals surface area contributed by atoms with Crippen LogP contribution in [0.5, 0.6) is 17.2 Å². The number of hydrogen-bond acceptors (Lipinski definition) is 6. The van der Waals surface area contributed by atoms with Crippen LogP contribution in [0.4, 0.5) is 5.82 Å². The summed E-state index contributed by atoms with van der Waals surface area (Å²) in [7, 11) is 4.66. The molecule has 164 valence electrons. The molecule has 9 nitrogen and oxygen atoms in total. The standard InChI is InChI=1S/C21H30N4O5/c1-5-8-25-19(22)16(20(26)23-21(25)27)17(24-9-6-7-10-24)13-11-14(28-2)18(30-4)15(12-13)29-3/h11-12,17H,5-10,22H2,1-4H3,(H,23,26,27)/p+1/t17-/m1/s1. The minimum absolute atomic E-state index is 0.212. The molecule has 0 radical (unpaired) electrons. The van der Waals surface area contributed by atoms with Gasteiger partial charge in [-0.25, -0.2) is 4.79 Å². The number of nitrogens with zero attached hydrogens (tertiary/aromatic N) is 1. The maximum absolute atomic E-state index is 13.0. The average molecular weight is 420 g/mol. The van der Waals surface area contributed by atoms with Gasteiger partial charge < -0.3 is 24.8 Å². The molecule has 1 atom stereocenters. The molecular weight excluding hydrogens is 388 g/mol. The number of methoxy groups -OCH3 is 3. The molecule has 0 saturated carbocycles. The van der Waals surface area contributed by atoms with Crippen molar-refractivity contribution >= 4 is 5.82 Å². The van der Waals surface area contributed by atoms with Crippen LogP contribution in [0, 0.1) is 0 Å². The maximum atomic E-state index is 13.0. The first-order valence-corrected chi connectivity index (χ1v) is 10.2. The molecule has 1 fully saturated rings. The SMILES string of the molecule is CCCn1c(N)c([C@@H](c2cc(OC)c(OC)c(OC)c2)[NH+]2CCCC2)c(=O)[nH]c1=O. The van der Waals surface area contributed by atoms with Crippen LogP contribution in [0.25, 0.3) is 0 Å². The number of ether oxygens (including phenoxy) is 3. The Morgan fingerprint density at radius 3 is 2.20 bits per heavy atom. The zero-order chi connectivity index (χ0) is 21.8. The van der Waals surface area contributed by atoms with E-state index < -0.39 is 11.2 Å². The van der Waals surface area contributed by atoms with E-state index in [4.69, 9.17) is 19.9 Å². The summed E-state index contributed by atoms with van der Waals surface area (Å²) in [5, 5.41) is 0. The Morgan fingerprint density at radius 2 is 1.70 bits per heavy atom. The number of nitrogen functional groups attached to an aromatic ring is 1. The summed E-state index contributed by atoms with van der Waals surface area (Å²) in [6, 6.07) is 3.34. The van der Waals surface area contributed by atoms with Crippen LogP contribution in [0.3, 0.4) is 0 Å². The van der Waals surface area contributed by atoms with Crippen LogP contribution in [-0.2, 0) is 6.54 Å². The Hall–Kier alpha value is -2.94. The van der Waals surface area contributed by atoms with Gasteiger partial charge in [-0.05, 0) is 18.6 Å². The number of nitrogens with two attached hydrogens (primary N) is 1. The predicted molar refractivity (Wildman–Crippen MR) is 114 cm³/mol. The highest BCUT2D eigenvalue weighted by Gasteiger charge is 2.35. The molecule has 2 heterocycles. The van der Waals surface area contributed by atoms with E-state index in [2.05, 4.69) is 4.98 Å². The Balaban J connectivity index is 2.28. The highest BCUT2D eigenvalue weighted by atomic mass is 16.5. The van der Waals surface area contributed by atoms with Gasteiger partial charge in [-0.15, -0.1) is 0 Å². The van der Waals surface area contributed by atoms with Crippen molar-refractivity contribution in [2.45, 2.75) is 38.8 Å². The molecule has 1 aliphatic rings. The zero-order valence-corrected chi connectivity index (χ0v) is 18.0. The minimum atomic E-state index is -0.483. The quantitative estimate of drug-likeness (QED) is 0.568. The molecule has 1 saturated heterocycles. The molecule has 2 aromatic rings. The van der Waals surface area contributed by atoms with Crippen molar-refractivity contribution in [3.05, 3.63) is 44.1 Å². The number of aromatic nitrogens is 2. The number of aromatic amines is 1. The molecule has 0 spiro atoms. The van der Waals surface area contributed by atoms with Crippen molar-refractivity contribution in [1.82, 2.24) is 9.55 Å². The second kappa shape index (κ2) is 9.25. The third-order valence-corrected chi connectivity index (χ3v) is 5.69. The highest BCUT2D eigenvalue weighted by molar-refractivity contribution is 5.56. The number of benzene rings is 1. The average Bonchev–Trinajstić information content (AvgIpc) is 3.27. The number of nitrogens with one attached hydrogen (secondary N) is 2. The topological polar surface area (TPSA) is 113 Å². The van der Waals surface area contributed by atoms with Crippen molar-refractivity contribution in [1.29, 1.82) is 0 Å². The van der Waals surface area contributed by atoms with Crippen molar-refractivity contribution in [2.24, 2.45) is 0 Å². The lowest BCUT2D eigenvalue weighted by Gasteiger charge is -2.27. The fourth-order valence-electron chi connectivity index (χ4n) is 4.32. The maximum Gasteiger partial charge on any atom is 0.329 e. The molecule has 1 aromatic heterocycles. The van der Waals surface area contributed by atoms with Gasteiger partial charge in [0.2, 0.25) is 5.75 Å². The van der Waals surface area contributed by atoms with Gasteiger partial charge in [-0.1, -0.05) is 6.92 Å². The molecular formula is C21H31N4O5+. The molecule has 1 aliphatic heterocycles. The number of hydrogen-bond donors (Lipinski definition) is 3. The second-order valence-electron chi connectivity index (χ2n) is 7.47. The van der Waals surface area contributed by atoms with E-state index in [1.54, 1.807) is 21.3 Å². The van der Waals surface area contributed by atoms with E-state index in [0.717, 1.165) is 37.9 Å². The number of H-pyrrole nitrogens is 1. The van der Waals surface area contributed by atoms with E-state index in [0.29, 0.717) is 29.4 Å².